The lowest BCUT2D eigenvalue weighted by Gasteiger charge is -2.13. The summed E-state index contributed by atoms with van der Waals surface area (Å²) in [7, 11) is 0. The number of carbonyl (C=O) groups is 1. The van der Waals surface area contributed by atoms with Gasteiger partial charge in [-0.15, -0.1) is 11.6 Å². The molecule has 0 aromatic rings. The molecule has 1 aliphatic rings. The van der Waals surface area contributed by atoms with Gasteiger partial charge < -0.3 is 5.32 Å². The van der Waals surface area contributed by atoms with Gasteiger partial charge >= 0.3 is 0 Å². The Balaban J connectivity index is 1.98. The van der Waals surface area contributed by atoms with Crippen molar-refractivity contribution in [1.29, 1.82) is 0 Å². The third kappa shape index (κ3) is 7.97. The van der Waals surface area contributed by atoms with E-state index in [1.165, 1.54) is 51.4 Å². The minimum absolute atomic E-state index is 0.263. The Hall–Kier alpha value is -0.240. The van der Waals surface area contributed by atoms with Crippen molar-refractivity contribution >= 4 is 17.5 Å². The average Bonchev–Trinajstić information content (AvgIpc) is 2.62. The van der Waals surface area contributed by atoms with Crippen LogP contribution in [0.25, 0.3) is 0 Å². The monoisotopic (exact) mass is 273 g/mol. The van der Waals surface area contributed by atoms with Crippen molar-refractivity contribution in [3.8, 4) is 0 Å². The highest BCUT2D eigenvalue weighted by atomic mass is 35.5. The van der Waals surface area contributed by atoms with E-state index in [2.05, 4.69) is 5.32 Å². The van der Waals surface area contributed by atoms with E-state index in [0.29, 0.717) is 5.92 Å². The molecule has 0 spiro atoms. The van der Waals surface area contributed by atoms with E-state index >= 15 is 0 Å². The second kappa shape index (κ2) is 10.7. The molecule has 0 atom stereocenters. The predicted octanol–water partition coefficient (Wildman–Crippen LogP) is 4.26. The van der Waals surface area contributed by atoms with E-state index in [1.54, 1.807) is 0 Å². The minimum Gasteiger partial charge on any atom is -0.356 e. The average molecular weight is 274 g/mol. The van der Waals surface area contributed by atoms with Gasteiger partial charge in [0.05, 0.1) is 0 Å². The molecule has 0 bridgehead atoms. The Morgan fingerprint density at radius 3 is 2.33 bits per heavy atom. The lowest BCUT2D eigenvalue weighted by molar-refractivity contribution is -0.122. The number of unbranched alkanes of at least 4 members (excludes halogenated alkanes) is 3. The molecule has 0 radical (unpaired) electrons. The van der Waals surface area contributed by atoms with Crippen LogP contribution >= 0.6 is 11.6 Å². The van der Waals surface area contributed by atoms with E-state index in [-0.39, 0.29) is 5.91 Å². The van der Waals surface area contributed by atoms with Crippen LogP contribution < -0.4 is 5.32 Å². The Morgan fingerprint density at radius 2 is 1.67 bits per heavy atom. The van der Waals surface area contributed by atoms with Gasteiger partial charge in [-0.2, -0.15) is 0 Å². The lowest BCUT2D eigenvalue weighted by Crippen LogP contribution is -2.26. The maximum Gasteiger partial charge on any atom is 0.220 e. The highest BCUT2D eigenvalue weighted by Gasteiger charge is 2.15. The highest BCUT2D eigenvalue weighted by molar-refractivity contribution is 6.17. The Bertz CT molecular complexity index is 213. The summed E-state index contributed by atoms with van der Waals surface area (Å²) in [6, 6.07) is 0. The van der Waals surface area contributed by atoms with Crippen LogP contribution in [0.4, 0.5) is 0 Å². The number of halogens is 1. The summed E-state index contributed by atoms with van der Waals surface area (Å²) in [5.41, 5.74) is 0. The molecule has 1 saturated carbocycles. The third-order valence-corrected chi connectivity index (χ3v) is 4.10. The SMILES string of the molecule is O=C(CC1CCCCCC1)NCCCCCCCl. The van der Waals surface area contributed by atoms with Gasteiger partial charge in [0.2, 0.25) is 5.91 Å². The zero-order valence-corrected chi connectivity index (χ0v) is 12.3. The first kappa shape index (κ1) is 15.8. The molecule has 0 unspecified atom stereocenters. The normalized spacial score (nSPS) is 17.4. The van der Waals surface area contributed by atoms with E-state index in [9.17, 15) is 4.79 Å². The van der Waals surface area contributed by atoms with Crippen molar-refractivity contribution in [2.45, 2.75) is 70.6 Å². The molecule has 1 aliphatic carbocycles. The van der Waals surface area contributed by atoms with Crippen molar-refractivity contribution in [2.24, 2.45) is 5.92 Å². The summed E-state index contributed by atoms with van der Waals surface area (Å²) in [6.45, 7) is 0.841. The second-order valence-electron chi connectivity index (χ2n) is 5.51. The van der Waals surface area contributed by atoms with E-state index in [0.717, 1.165) is 31.7 Å². The number of rotatable bonds is 8. The third-order valence-electron chi connectivity index (χ3n) is 3.83. The molecule has 1 rings (SSSR count). The molecule has 1 N–H and O–H groups in total. The Morgan fingerprint density at radius 1 is 1.00 bits per heavy atom. The van der Waals surface area contributed by atoms with Gasteiger partial charge in [0.25, 0.3) is 0 Å². The standard InChI is InChI=1S/C15H28ClNO/c16-11-7-3-4-8-12-17-15(18)13-14-9-5-1-2-6-10-14/h14H,1-13H2,(H,17,18). The van der Waals surface area contributed by atoms with Crippen molar-refractivity contribution in [1.82, 2.24) is 5.32 Å². The van der Waals surface area contributed by atoms with Crippen LogP contribution in [0.15, 0.2) is 0 Å². The van der Waals surface area contributed by atoms with Crippen LogP contribution in [0.3, 0.4) is 0 Å². The molecule has 3 heteroatoms. The predicted molar refractivity (Wildman–Crippen MR) is 78.0 cm³/mol. The first-order chi connectivity index (χ1) is 8.83. The van der Waals surface area contributed by atoms with Crippen LogP contribution in [0, 0.1) is 5.92 Å². The van der Waals surface area contributed by atoms with E-state index < -0.39 is 0 Å². The molecule has 1 fully saturated rings. The largest absolute Gasteiger partial charge is 0.356 e. The molecule has 1 amide bonds. The maximum absolute atomic E-state index is 11.8. The van der Waals surface area contributed by atoms with E-state index in [4.69, 9.17) is 11.6 Å². The maximum atomic E-state index is 11.8. The molecule has 18 heavy (non-hydrogen) atoms. The number of nitrogens with one attached hydrogen (secondary N) is 1. The Kier molecular flexibility index (Phi) is 9.37. The fraction of sp³-hybridized carbons (Fsp3) is 0.933. The molecule has 0 heterocycles. The second-order valence-corrected chi connectivity index (χ2v) is 5.89. The number of amides is 1. The zero-order valence-electron chi connectivity index (χ0n) is 11.6. The van der Waals surface area contributed by atoms with Gasteiger partial charge in [-0.05, 0) is 31.6 Å². The summed E-state index contributed by atoms with van der Waals surface area (Å²) in [5.74, 6) is 1.66. The molecular weight excluding hydrogens is 246 g/mol. The molecular formula is C15H28ClNO. The van der Waals surface area contributed by atoms with Crippen molar-refractivity contribution in [3.63, 3.8) is 0 Å². The summed E-state index contributed by atoms with van der Waals surface area (Å²) in [4.78, 5) is 11.8. The zero-order chi connectivity index (χ0) is 13.1. The number of hydrogen-bond donors (Lipinski definition) is 1. The van der Waals surface area contributed by atoms with Crippen LogP contribution in [0.1, 0.15) is 70.6 Å². The van der Waals surface area contributed by atoms with Crippen molar-refractivity contribution in [3.05, 3.63) is 0 Å². The smallest absolute Gasteiger partial charge is 0.220 e. The van der Waals surface area contributed by atoms with Gasteiger partial charge in [0, 0.05) is 18.8 Å². The molecule has 0 aromatic carbocycles. The molecule has 0 aliphatic heterocycles. The van der Waals surface area contributed by atoms with E-state index in [1.807, 2.05) is 0 Å². The van der Waals surface area contributed by atoms with Crippen molar-refractivity contribution < 1.29 is 4.79 Å². The van der Waals surface area contributed by atoms with Crippen LogP contribution in [-0.4, -0.2) is 18.3 Å². The van der Waals surface area contributed by atoms with Gasteiger partial charge in [-0.3, -0.25) is 4.79 Å². The number of carbonyl (C=O) groups excluding carboxylic acids is 1. The highest BCUT2D eigenvalue weighted by Crippen LogP contribution is 2.25. The number of hydrogen-bond acceptors (Lipinski definition) is 1. The summed E-state index contributed by atoms with van der Waals surface area (Å²) in [6.07, 6.45) is 13.2. The summed E-state index contributed by atoms with van der Waals surface area (Å²) >= 11 is 5.62. The molecule has 0 aromatic heterocycles. The Labute approximate surface area is 117 Å². The van der Waals surface area contributed by atoms with Gasteiger partial charge in [-0.25, -0.2) is 0 Å². The minimum atomic E-state index is 0.263. The molecule has 2 nitrogen and oxygen atoms in total. The quantitative estimate of drug-likeness (QED) is 0.400. The van der Waals surface area contributed by atoms with Crippen LogP contribution in [0.2, 0.25) is 0 Å². The first-order valence-corrected chi connectivity index (χ1v) is 8.19. The fourth-order valence-corrected chi connectivity index (χ4v) is 2.89. The van der Waals surface area contributed by atoms with Crippen LogP contribution in [0.5, 0.6) is 0 Å². The van der Waals surface area contributed by atoms with Gasteiger partial charge in [0.15, 0.2) is 0 Å². The number of alkyl halides is 1. The van der Waals surface area contributed by atoms with Crippen LogP contribution in [-0.2, 0) is 4.79 Å². The van der Waals surface area contributed by atoms with Crippen molar-refractivity contribution in [2.75, 3.05) is 12.4 Å². The summed E-state index contributed by atoms with van der Waals surface area (Å²) < 4.78 is 0. The first-order valence-electron chi connectivity index (χ1n) is 7.65. The molecule has 106 valence electrons. The fourth-order valence-electron chi connectivity index (χ4n) is 2.70. The topological polar surface area (TPSA) is 29.1 Å². The molecule has 0 saturated heterocycles. The van der Waals surface area contributed by atoms with Gasteiger partial charge in [-0.1, -0.05) is 38.5 Å². The van der Waals surface area contributed by atoms with Gasteiger partial charge in [0.1, 0.15) is 0 Å². The lowest BCUT2D eigenvalue weighted by atomic mass is 9.96. The summed E-state index contributed by atoms with van der Waals surface area (Å²) in [5, 5.41) is 3.06.